The number of nitrogens with zero attached hydrogens (tertiary/aromatic N) is 2. The van der Waals surface area contributed by atoms with Crippen LogP contribution in [0.2, 0.25) is 0 Å². The Bertz CT molecular complexity index is 905. The summed E-state index contributed by atoms with van der Waals surface area (Å²) >= 11 is 0. The molecule has 2 amide bonds. The molecule has 0 spiro atoms. The Hall–Kier alpha value is -2.29. The van der Waals surface area contributed by atoms with Crippen LogP contribution in [0.15, 0.2) is 23.1 Å². The first kappa shape index (κ1) is 18.1. The van der Waals surface area contributed by atoms with Gasteiger partial charge in [-0.3, -0.25) is 19.6 Å². The first-order chi connectivity index (χ1) is 11.3. The highest BCUT2D eigenvalue weighted by Crippen LogP contribution is 2.28. The average molecular weight is 355 g/mol. The number of hydrogen-bond donors (Lipinski definition) is 1. The van der Waals surface area contributed by atoms with E-state index in [1.54, 1.807) is 6.92 Å². The van der Waals surface area contributed by atoms with Gasteiger partial charge in [0.05, 0.1) is 11.2 Å². The molecule has 9 heteroatoms. The van der Waals surface area contributed by atoms with Gasteiger partial charge in [0.1, 0.15) is 10.9 Å². The molecule has 24 heavy (non-hydrogen) atoms. The molecule has 1 aromatic carbocycles. The van der Waals surface area contributed by atoms with E-state index in [0.717, 1.165) is 12.1 Å². The Morgan fingerprint density at radius 2 is 1.96 bits per heavy atom. The Morgan fingerprint density at radius 1 is 1.29 bits per heavy atom. The maximum Gasteiger partial charge on any atom is 0.332 e. The van der Waals surface area contributed by atoms with Gasteiger partial charge < -0.3 is 0 Å². The number of carbonyl (C=O) groups excluding carboxylic acids is 2. The van der Waals surface area contributed by atoms with Gasteiger partial charge in [-0.1, -0.05) is 13.8 Å². The number of nitrogens with one attached hydrogen (secondary N) is 1. The second-order valence-corrected chi connectivity index (χ2v) is 6.46. The van der Waals surface area contributed by atoms with Gasteiger partial charge in [-0.05, 0) is 31.5 Å². The maximum absolute atomic E-state index is 13.2. The van der Waals surface area contributed by atoms with Crippen molar-refractivity contribution in [1.82, 2.24) is 15.1 Å². The van der Waals surface area contributed by atoms with E-state index in [0.29, 0.717) is 16.6 Å². The second kappa shape index (κ2) is 6.68. The molecular formula is C15H18FN3O4S. The largest absolute Gasteiger partial charge is 0.332 e. The van der Waals surface area contributed by atoms with Crippen LogP contribution in [0.3, 0.4) is 0 Å². The van der Waals surface area contributed by atoms with E-state index in [1.165, 1.54) is 10.7 Å². The molecule has 130 valence electrons. The van der Waals surface area contributed by atoms with Crippen LogP contribution < -0.4 is 5.32 Å². The van der Waals surface area contributed by atoms with Crippen LogP contribution in [-0.2, 0) is 19.8 Å². The summed E-state index contributed by atoms with van der Waals surface area (Å²) in [6.07, 6.45) is 0.422. The molecule has 1 aromatic heterocycles. The van der Waals surface area contributed by atoms with Crippen molar-refractivity contribution in [2.75, 3.05) is 0 Å². The lowest BCUT2D eigenvalue weighted by atomic mass is 10.1. The minimum atomic E-state index is -4.85. The fraction of sp³-hybridized carbons (Fsp3) is 0.400. The first-order valence-corrected chi connectivity index (χ1v) is 8.93. The smallest absolute Gasteiger partial charge is 0.295 e. The van der Waals surface area contributed by atoms with Gasteiger partial charge in [0.2, 0.25) is 5.91 Å². The lowest BCUT2D eigenvalue weighted by Gasteiger charge is -2.21. The van der Waals surface area contributed by atoms with Crippen molar-refractivity contribution in [3.63, 3.8) is 0 Å². The van der Waals surface area contributed by atoms with Crippen LogP contribution in [0, 0.1) is 6.92 Å². The monoisotopic (exact) mass is 355 g/mol. The van der Waals surface area contributed by atoms with Crippen LogP contribution in [0.1, 0.15) is 38.4 Å². The zero-order valence-electron chi connectivity index (χ0n) is 13.5. The van der Waals surface area contributed by atoms with Crippen LogP contribution in [-0.4, -0.2) is 30.0 Å². The van der Waals surface area contributed by atoms with E-state index >= 15 is 0 Å². The molecule has 1 aliphatic heterocycles. The molecule has 2 heterocycles. The number of piperidine rings is 1. The van der Waals surface area contributed by atoms with E-state index in [9.17, 15) is 21.9 Å². The molecule has 3 rings (SSSR count). The van der Waals surface area contributed by atoms with E-state index in [4.69, 9.17) is 0 Å². The number of halogens is 1. The van der Waals surface area contributed by atoms with Crippen molar-refractivity contribution in [1.29, 1.82) is 0 Å². The number of hydrogen-bond acceptors (Lipinski definition) is 5. The third kappa shape index (κ3) is 3.30. The number of fused-ring (bicyclic) bond motifs is 1. The summed E-state index contributed by atoms with van der Waals surface area (Å²) in [5, 5.41) is 7.08. The number of amides is 2. The fourth-order valence-electron chi connectivity index (χ4n) is 2.58. The molecule has 1 unspecified atom stereocenters. The Labute approximate surface area is 139 Å². The Balaban J connectivity index is 0.00000100. The summed E-state index contributed by atoms with van der Waals surface area (Å²) in [5.41, 5.74) is 0.924. The molecule has 0 radical (unpaired) electrons. The predicted molar refractivity (Wildman–Crippen MR) is 85.5 cm³/mol. The highest BCUT2D eigenvalue weighted by molar-refractivity contribution is 7.86. The summed E-state index contributed by atoms with van der Waals surface area (Å²) in [6, 6.07) is 3.02. The molecule has 0 saturated carbocycles. The average Bonchev–Trinajstić information content (AvgIpc) is 2.85. The summed E-state index contributed by atoms with van der Waals surface area (Å²) in [5.74, 6) is -0.865. The first-order valence-electron chi connectivity index (χ1n) is 7.54. The number of benzene rings is 1. The van der Waals surface area contributed by atoms with Crippen LogP contribution in [0.4, 0.5) is 3.89 Å². The summed E-state index contributed by atoms with van der Waals surface area (Å²) in [7, 11) is -4.85. The molecule has 1 fully saturated rings. The van der Waals surface area contributed by atoms with Gasteiger partial charge in [0.15, 0.2) is 0 Å². The number of imide groups is 1. The van der Waals surface area contributed by atoms with E-state index in [1.807, 2.05) is 13.8 Å². The van der Waals surface area contributed by atoms with Gasteiger partial charge in [0, 0.05) is 11.8 Å². The van der Waals surface area contributed by atoms with Crippen molar-refractivity contribution in [2.24, 2.45) is 0 Å². The fourth-order valence-corrected chi connectivity index (χ4v) is 3.06. The van der Waals surface area contributed by atoms with Gasteiger partial charge in [0.25, 0.3) is 5.91 Å². The van der Waals surface area contributed by atoms with Crippen LogP contribution in [0.25, 0.3) is 10.9 Å². The summed E-state index contributed by atoms with van der Waals surface area (Å²) in [6.45, 7) is 5.70. The molecule has 7 nitrogen and oxygen atoms in total. The molecule has 1 saturated heterocycles. The van der Waals surface area contributed by atoms with Crippen molar-refractivity contribution >= 4 is 32.9 Å². The van der Waals surface area contributed by atoms with Crippen molar-refractivity contribution in [3.05, 3.63) is 23.9 Å². The molecule has 1 aliphatic rings. The zero-order valence-corrected chi connectivity index (χ0v) is 14.4. The molecule has 0 bridgehead atoms. The Morgan fingerprint density at radius 3 is 2.54 bits per heavy atom. The second-order valence-electron chi connectivity index (χ2n) is 5.11. The van der Waals surface area contributed by atoms with Crippen molar-refractivity contribution < 1.29 is 21.9 Å². The minimum absolute atomic E-state index is 0.165. The number of rotatable bonds is 2. The summed E-state index contributed by atoms with van der Waals surface area (Å²) < 4.78 is 36.6. The normalized spacial score (nSPS) is 18.1. The van der Waals surface area contributed by atoms with Crippen molar-refractivity contribution in [2.45, 2.75) is 44.6 Å². The molecular weight excluding hydrogens is 337 g/mol. The van der Waals surface area contributed by atoms with E-state index in [2.05, 4.69) is 10.4 Å². The lowest BCUT2D eigenvalue weighted by molar-refractivity contribution is -0.135. The van der Waals surface area contributed by atoms with E-state index in [-0.39, 0.29) is 18.7 Å². The topological polar surface area (TPSA) is 98.1 Å². The molecule has 2 aromatic rings. The molecule has 1 N–H and O–H groups in total. The number of aryl methyl sites for hydroxylation is 1. The van der Waals surface area contributed by atoms with Gasteiger partial charge in [-0.15, -0.1) is 3.89 Å². The quantitative estimate of drug-likeness (QED) is 0.656. The molecule has 0 aliphatic carbocycles. The predicted octanol–water partition coefficient (Wildman–Crippen LogP) is 2.01. The lowest BCUT2D eigenvalue weighted by Crippen LogP contribution is -2.42. The van der Waals surface area contributed by atoms with Crippen LogP contribution in [0.5, 0.6) is 0 Å². The SMILES string of the molecule is CC.Cc1nn(C2CCC(=O)NC2=O)c2cc(S(=O)(=O)F)ccc12. The van der Waals surface area contributed by atoms with Gasteiger partial charge >= 0.3 is 10.2 Å². The highest BCUT2D eigenvalue weighted by Gasteiger charge is 2.30. The van der Waals surface area contributed by atoms with Crippen LogP contribution >= 0.6 is 0 Å². The minimum Gasteiger partial charge on any atom is -0.295 e. The standard InChI is InChI=1S/C13H12FN3O4S.C2H6/c1-7-9-3-2-8(22(14,20)21)6-11(9)17(16-7)10-4-5-12(18)15-13(10)19;1-2/h2-3,6,10H,4-5H2,1H3,(H,15,18,19);1-2H3. The third-order valence-electron chi connectivity index (χ3n) is 3.65. The number of aromatic nitrogens is 2. The maximum atomic E-state index is 13.2. The number of carbonyl (C=O) groups is 2. The molecule has 1 atom stereocenters. The highest BCUT2D eigenvalue weighted by atomic mass is 32.3. The van der Waals surface area contributed by atoms with E-state index < -0.39 is 27.1 Å². The van der Waals surface area contributed by atoms with Gasteiger partial charge in [-0.25, -0.2) is 0 Å². The van der Waals surface area contributed by atoms with Crippen molar-refractivity contribution in [3.8, 4) is 0 Å². The third-order valence-corrected chi connectivity index (χ3v) is 4.47. The van der Waals surface area contributed by atoms with Gasteiger partial charge in [-0.2, -0.15) is 13.5 Å². The Kier molecular flexibility index (Phi) is 5.02. The summed E-state index contributed by atoms with van der Waals surface area (Å²) in [4.78, 5) is 22.7. The zero-order chi connectivity index (χ0) is 18.1.